The van der Waals surface area contributed by atoms with E-state index in [-0.39, 0.29) is 11.4 Å². The van der Waals surface area contributed by atoms with E-state index in [2.05, 4.69) is 15.5 Å². The van der Waals surface area contributed by atoms with Crippen LogP contribution >= 0.6 is 0 Å². The van der Waals surface area contributed by atoms with E-state index in [4.69, 9.17) is 5.73 Å². The number of alkyl halides is 3. The predicted octanol–water partition coefficient (Wildman–Crippen LogP) is 0.848. The quantitative estimate of drug-likeness (QED) is 0.847. The van der Waals surface area contributed by atoms with Crippen LogP contribution in [0.4, 0.5) is 18.9 Å². The number of rotatable bonds is 5. The molecule has 8 nitrogen and oxygen atoms in total. The summed E-state index contributed by atoms with van der Waals surface area (Å²) in [5, 5.41) is 9.46. The van der Waals surface area contributed by atoms with Gasteiger partial charge in [-0.1, -0.05) is 0 Å². The van der Waals surface area contributed by atoms with Gasteiger partial charge in [0.1, 0.15) is 0 Å². The normalized spacial score (nSPS) is 12.9. The molecule has 1 atom stereocenters. The highest BCUT2D eigenvalue weighted by Gasteiger charge is 2.42. The molecular weight excluding hydrogens is 317 g/mol. The van der Waals surface area contributed by atoms with Crippen LogP contribution in [0, 0.1) is 0 Å². The van der Waals surface area contributed by atoms with Gasteiger partial charge in [-0.05, 0) is 6.07 Å². The molecule has 0 saturated heterocycles. The Labute approximate surface area is 128 Å². The van der Waals surface area contributed by atoms with Crippen LogP contribution in [0.5, 0.6) is 0 Å². The van der Waals surface area contributed by atoms with Gasteiger partial charge in [-0.15, -0.1) is 0 Å². The maximum atomic E-state index is 13.1. The average Bonchev–Trinajstić information content (AvgIpc) is 3.04. The number of nitrogens with two attached hydrogens (primary N) is 1. The van der Waals surface area contributed by atoms with Gasteiger partial charge in [-0.2, -0.15) is 23.4 Å². The fourth-order valence-corrected chi connectivity index (χ4v) is 1.96. The lowest BCUT2D eigenvalue weighted by atomic mass is 10.2. The second kappa shape index (κ2) is 6.10. The maximum absolute atomic E-state index is 13.1. The number of amides is 2. The number of hydrogen-bond donors (Lipinski definition) is 2. The molecule has 0 bridgehead atoms. The summed E-state index contributed by atoms with van der Waals surface area (Å²) in [6.07, 6.45) is -2.00. The van der Waals surface area contributed by atoms with Crippen LogP contribution in [0.1, 0.15) is 23.0 Å². The molecule has 0 aliphatic heterocycles. The number of carbonyl (C=O) groups excluding carboxylic acids is 2. The molecule has 1 unspecified atom stereocenters. The Morgan fingerprint density at radius 1 is 1.43 bits per heavy atom. The highest BCUT2D eigenvalue weighted by atomic mass is 19.4. The number of aryl methyl sites for hydroxylation is 1. The number of hydrogen-bond acceptors (Lipinski definition) is 4. The van der Waals surface area contributed by atoms with Crippen molar-refractivity contribution in [2.45, 2.75) is 18.6 Å². The van der Waals surface area contributed by atoms with Crippen molar-refractivity contribution in [3.05, 3.63) is 30.4 Å². The van der Waals surface area contributed by atoms with Gasteiger partial charge in [0.15, 0.2) is 11.7 Å². The summed E-state index contributed by atoms with van der Waals surface area (Å²) in [5.41, 5.74) is 4.81. The summed E-state index contributed by atoms with van der Waals surface area (Å²) >= 11 is 0. The molecule has 0 saturated carbocycles. The number of primary amides is 1. The first kappa shape index (κ1) is 16.5. The molecule has 0 radical (unpaired) electrons. The second-order valence-electron chi connectivity index (χ2n) is 4.73. The monoisotopic (exact) mass is 330 g/mol. The van der Waals surface area contributed by atoms with Gasteiger partial charge in [0.05, 0.1) is 12.1 Å². The van der Waals surface area contributed by atoms with Crippen molar-refractivity contribution in [2.24, 2.45) is 12.8 Å². The van der Waals surface area contributed by atoms with Gasteiger partial charge in [-0.3, -0.25) is 19.0 Å². The number of halogens is 3. The lowest BCUT2D eigenvalue weighted by Crippen LogP contribution is -2.31. The Morgan fingerprint density at radius 2 is 2.13 bits per heavy atom. The molecule has 2 aromatic rings. The Balaban J connectivity index is 2.16. The zero-order valence-corrected chi connectivity index (χ0v) is 11.9. The number of nitrogens with one attached hydrogen (secondary N) is 1. The van der Waals surface area contributed by atoms with E-state index in [0.29, 0.717) is 4.68 Å². The zero-order valence-electron chi connectivity index (χ0n) is 11.9. The first-order valence-electron chi connectivity index (χ1n) is 6.37. The molecule has 3 N–H and O–H groups in total. The fourth-order valence-electron chi connectivity index (χ4n) is 1.96. The van der Waals surface area contributed by atoms with Crippen molar-refractivity contribution in [1.29, 1.82) is 0 Å². The van der Waals surface area contributed by atoms with Crippen LogP contribution in [0.3, 0.4) is 0 Å². The van der Waals surface area contributed by atoms with Gasteiger partial charge >= 0.3 is 6.18 Å². The number of aromatic nitrogens is 4. The van der Waals surface area contributed by atoms with Crippen LogP contribution in [0.15, 0.2) is 24.7 Å². The van der Waals surface area contributed by atoms with Crippen molar-refractivity contribution >= 4 is 17.5 Å². The molecule has 0 aromatic carbocycles. The first-order valence-corrected chi connectivity index (χ1v) is 6.37. The summed E-state index contributed by atoms with van der Waals surface area (Å²) in [5.74, 6) is -1.85. The Bertz CT molecular complexity index is 707. The van der Waals surface area contributed by atoms with Crippen LogP contribution in [0.2, 0.25) is 0 Å². The number of anilines is 1. The first-order chi connectivity index (χ1) is 10.7. The minimum atomic E-state index is -4.66. The van der Waals surface area contributed by atoms with E-state index >= 15 is 0 Å². The van der Waals surface area contributed by atoms with E-state index in [1.54, 1.807) is 0 Å². The van der Waals surface area contributed by atoms with Crippen LogP contribution in [-0.2, 0) is 11.8 Å². The number of nitrogens with zero attached hydrogens (tertiary/aromatic N) is 4. The van der Waals surface area contributed by atoms with Crippen molar-refractivity contribution in [3.63, 3.8) is 0 Å². The highest BCUT2D eigenvalue weighted by molar-refractivity contribution is 6.01. The van der Waals surface area contributed by atoms with E-state index in [1.807, 2.05) is 0 Å². The smallest absolute Gasteiger partial charge is 0.364 e. The SMILES string of the molecule is Cn1cc(NC(=O)CC(n2cccn2)C(F)(F)F)c(C(N)=O)n1. The van der Waals surface area contributed by atoms with E-state index in [0.717, 1.165) is 6.20 Å². The molecule has 0 fully saturated rings. The summed E-state index contributed by atoms with van der Waals surface area (Å²) < 4.78 is 41.1. The lowest BCUT2D eigenvalue weighted by molar-refractivity contribution is -0.174. The van der Waals surface area contributed by atoms with Crippen LogP contribution < -0.4 is 11.1 Å². The standard InChI is InChI=1S/C12H13F3N6O2/c1-20-6-7(10(19-20)11(16)23)18-9(22)5-8(12(13,14)15)21-4-2-3-17-21/h2-4,6,8H,5H2,1H3,(H2,16,23)(H,18,22). The van der Waals surface area contributed by atoms with Gasteiger partial charge in [0.2, 0.25) is 5.91 Å². The van der Waals surface area contributed by atoms with E-state index in [9.17, 15) is 22.8 Å². The molecule has 2 rings (SSSR count). The Hall–Kier alpha value is -2.85. The predicted molar refractivity (Wildman–Crippen MR) is 72.3 cm³/mol. The van der Waals surface area contributed by atoms with Crippen LogP contribution in [-0.4, -0.2) is 37.6 Å². The third kappa shape index (κ3) is 3.87. The molecule has 2 aromatic heterocycles. The third-order valence-electron chi connectivity index (χ3n) is 2.94. The minimum Gasteiger partial charge on any atom is -0.364 e. The highest BCUT2D eigenvalue weighted by Crippen LogP contribution is 2.32. The molecular formula is C12H13F3N6O2. The zero-order chi connectivity index (χ0) is 17.2. The second-order valence-corrected chi connectivity index (χ2v) is 4.73. The lowest BCUT2D eigenvalue weighted by Gasteiger charge is -2.20. The summed E-state index contributed by atoms with van der Waals surface area (Å²) in [6, 6.07) is -0.797. The molecule has 11 heteroatoms. The molecule has 2 heterocycles. The molecule has 23 heavy (non-hydrogen) atoms. The maximum Gasteiger partial charge on any atom is 0.411 e. The Morgan fingerprint density at radius 3 is 2.65 bits per heavy atom. The third-order valence-corrected chi connectivity index (χ3v) is 2.94. The van der Waals surface area contributed by atoms with Gasteiger partial charge < -0.3 is 11.1 Å². The fraction of sp³-hybridized carbons (Fsp3) is 0.333. The molecule has 0 spiro atoms. The van der Waals surface area contributed by atoms with Crippen molar-refractivity contribution in [2.75, 3.05) is 5.32 Å². The molecule has 0 aliphatic carbocycles. The summed E-state index contributed by atoms with van der Waals surface area (Å²) in [7, 11) is 1.48. The van der Waals surface area contributed by atoms with Crippen molar-refractivity contribution < 1.29 is 22.8 Å². The van der Waals surface area contributed by atoms with Crippen molar-refractivity contribution in [3.8, 4) is 0 Å². The van der Waals surface area contributed by atoms with Gasteiger partial charge in [0.25, 0.3) is 5.91 Å². The Kier molecular flexibility index (Phi) is 4.38. The summed E-state index contributed by atoms with van der Waals surface area (Å²) in [6.45, 7) is 0. The van der Waals surface area contributed by atoms with Crippen molar-refractivity contribution in [1.82, 2.24) is 19.6 Å². The topological polar surface area (TPSA) is 108 Å². The number of carbonyl (C=O) groups is 2. The minimum absolute atomic E-state index is 0.0496. The molecule has 2 amide bonds. The molecule has 124 valence electrons. The van der Waals surface area contributed by atoms with Crippen LogP contribution in [0.25, 0.3) is 0 Å². The van der Waals surface area contributed by atoms with E-state index < -0.39 is 30.5 Å². The largest absolute Gasteiger partial charge is 0.411 e. The molecule has 0 aliphatic rings. The van der Waals surface area contributed by atoms with Gasteiger partial charge in [0, 0.05) is 25.6 Å². The van der Waals surface area contributed by atoms with E-state index in [1.165, 1.54) is 30.2 Å². The van der Waals surface area contributed by atoms with Gasteiger partial charge in [-0.25, -0.2) is 0 Å². The average molecular weight is 330 g/mol. The summed E-state index contributed by atoms with van der Waals surface area (Å²) in [4.78, 5) is 23.1.